The second kappa shape index (κ2) is 6.52. The lowest BCUT2D eigenvalue weighted by Gasteiger charge is -2.01. The Labute approximate surface area is 116 Å². The fourth-order valence-corrected chi connectivity index (χ4v) is 2.70. The number of hydrogen-bond donors (Lipinski definition) is 0. The number of carbonyl (C=O) groups excluding carboxylic acids is 1. The van der Waals surface area contributed by atoms with Gasteiger partial charge in [0.15, 0.2) is 5.78 Å². The van der Waals surface area contributed by atoms with Gasteiger partial charge in [-0.2, -0.15) is 0 Å². The predicted molar refractivity (Wildman–Crippen MR) is 76.9 cm³/mol. The van der Waals surface area contributed by atoms with E-state index >= 15 is 0 Å². The number of hydrogen-bond acceptors (Lipinski definition) is 3. The number of carbonyl (C=O) groups is 1. The highest BCUT2D eigenvalue weighted by atomic mass is 32.1. The fourth-order valence-electron chi connectivity index (χ4n) is 2.01. The molecule has 0 aliphatic carbocycles. The average molecular weight is 278 g/mol. The molecule has 0 atom stereocenters. The molecule has 4 nitrogen and oxygen atoms in total. The van der Waals surface area contributed by atoms with E-state index in [2.05, 4.69) is 0 Å². The van der Waals surface area contributed by atoms with E-state index in [4.69, 9.17) is 0 Å². The van der Waals surface area contributed by atoms with Crippen LogP contribution in [-0.4, -0.2) is 14.9 Å². The second-order valence-corrected chi connectivity index (χ2v) is 5.42. The molecule has 0 spiro atoms. The van der Waals surface area contributed by atoms with Gasteiger partial charge in [0.1, 0.15) is 0 Å². The molecule has 0 bridgehead atoms. The zero-order valence-electron chi connectivity index (χ0n) is 11.0. The van der Waals surface area contributed by atoms with Crippen LogP contribution in [-0.2, 0) is 13.1 Å². The molecule has 2 heterocycles. The molecular weight excluding hydrogens is 260 g/mol. The summed E-state index contributed by atoms with van der Waals surface area (Å²) in [6, 6.07) is 3.73. The van der Waals surface area contributed by atoms with Crippen molar-refractivity contribution < 1.29 is 4.79 Å². The van der Waals surface area contributed by atoms with E-state index in [1.807, 2.05) is 30.6 Å². The summed E-state index contributed by atoms with van der Waals surface area (Å²) in [6.45, 7) is 3.40. The maximum absolute atomic E-state index is 11.9. The van der Waals surface area contributed by atoms with Gasteiger partial charge in [-0.05, 0) is 24.3 Å². The lowest BCUT2D eigenvalue weighted by molar-refractivity contribution is 0.0982. The summed E-state index contributed by atoms with van der Waals surface area (Å²) >= 11 is 1.47. The maximum atomic E-state index is 11.9. The molecule has 2 rings (SSSR count). The molecule has 2 aromatic heterocycles. The molecule has 0 aliphatic rings. The van der Waals surface area contributed by atoms with Crippen LogP contribution in [0, 0.1) is 0 Å². The number of aromatic nitrogens is 2. The van der Waals surface area contributed by atoms with Crippen molar-refractivity contribution in [2.75, 3.05) is 0 Å². The summed E-state index contributed by atoms with van der Waals surface area (Å²) in [5.74, 6) is 0.163. The molecule has 0 radical (unpaired) electrons. The lowest BCUT2D eigenvalue weighted by Crippen LogP contribution is -2.24. The third-order valence-electron chi connectivity index (χ3n) is 2.98. The molecule has 0 N–H and O–H groups in total. The lowest BCUT2D eigenvalue weighted by atomic mass is 10.2. The molecule has 0 saturated heterocycles. The SMILES string of the molecule is CCCn1ccn(CCCC(=O)c2cccs2)c1=O. The number of aryl methyl sites for hydroxylation is 2. The van der Waals surface area contributed by atoms with Crippen LogP contribution in [0.5, 0.6) is 0 Å². The van der Waals surface area contributed by atoms with Gasteiger partial charge >= 0.3 is 5.69 Å². The maximum Gasteiger partial charge on any atom is 0.328 e. The standard InChI is InChI=1S/C14H18N2O2S/c1-2-7-15-9-10-16(14(15)18)8-3-5-12(17)13-6-4-11-19-13/h4,6,9-11H,2-3,5,7-8H2,1H3. The average Bonchev–Trinajstić information content (AvgIpc) is 3.03. The number of ketones is 1. The topological polar surface area (TPSA) is 44.0 Å². The zero-order chi connectivity index (χ0) is 13.7. The Morgan fingerprint density at radius 1 is 1.26 bits per heavy atom. The number of nitrogens with zero attached hydrogens (tertiary/aromatic N) is 2. The zero-order valence-corrected chi connectivity index (χ0v) is 11.9. The monoisotopic (exact) mass is 278 g/mol. The van der Waals surface area contributed by atoms with Crippen LogP contribution in [0.4, 0.5) is 0 Å². The van der Waals surface area contributed by atoms with Gasteiger partial charge in [0.2, 0.25) is 0 Å². The van der Waals surface area contributed by atoms with Crippen LogP contribution in [0.2, 0.25) is 0 Å². The van der Waals surface area contributed by atoms with E-state index in [1.165, 1.54) is 11.3 Å². The number of imidazole rings is 1. The van der Waals surface area contributed by atoms with Crippen molar-refractivity contribution in [2.24, 2.45) is 0 Å². The molecule has 19 heavy (non-hydrogen) atoms. The Bertz CT molecular complexity index is 581. The largest absolute Gasteiger partial charge is 0.328 e. The molecular formula is C14H18N2O2S. The van der Waals surface area contributed by atoms with Crippen LogP contribution < -0.4 is 5.69 Å². The highest BCUT2D eigenvalue weighted by Crippen LogP contribution is 2.12. The molecule has 0 saturated carbocycles. The van der Waals surface area contributed by atoms with Crippen LogP contribution in [0.1, 0.15) is 35.9 Å². The Balaban J connectivity index is 1.86. The Kier molecular flexibility index (Phi) is 4.74. The number of Topliss-reactive ketones (excluding diaryl/α,β-unsaturated/α-hetero) is 1. The van der Waals surface area contributed by atoms with E-state index in [1.54, 1.807) is 15.3 Å². The Morgan fingerprint density at radius 3 is 2.63 bits per heavy atom. The van der Waals surface area contributed by atoms with Crippen molar-refractivity contribution >= 4 is 17.1 Å². The van der Waals surface area contributed by atoms with Crippen LogP contribution >= 0.6 is 11.3 Å². The molecule has 102 valence electrons. The summed E-state index contributed by atoms with van der Waals surface area (Å²) in [7, 11) is 0. The smallest absolute Gasteiger partial charge is 0.299 e. The first-order valence-corrected chi connectivity index (χ1v) is 7.42. The van der Waals surface area contributed by atoms with Gasteiger partial charge in [0, 0.05) is 31.9 Å². The third kappa shape index (κ3) is 3.44. The summed E-state index contributed by atoms with van der Waals surface area (Å²) < 4.78 is 3.39. The normalized spacial score (nSPS) is 10.8. The Hall–Kier alpha value is -1.62. The molecule has 0 fully saturated rings. The summed E-state index contributed by atoms with van der Waals surface area (Å²) in [4.78, 5) is 24.5. The molecule has 0 aliphatic heterocycles. The number of rotatable bonds is 7. The van der Waals surface area contributed by atoms with E-state index < -0.39 is 0 Å². The minimum Gasteiger partial charge on any atom is -0.299 e. The van der Waals surface area contributed by atoms with Crippen LogP contribution in [0.25, 0.3) is 0 Å². The van der Waals surface area contributed by atoms with Crippen molar-refractivity contribution in [3.63, 3.8) is 0 Å². The summed E-state index contributed by atoms with van der Waals surface area (Å²) in [6.07, 6.45) is 5.75. The van der Waals surface area contributed by atoms with Gasteiger partial charge in [0.05, 0.1) is 4.88 Å². The molecule has 0 unspecified atom stereocenters. The summed E-state index contributed by atoms with van der Waals surface area (Å²) in [5, 5.41) is 1.91. The van der Waals surface area contributed by atoms with Crippen molar-refractivity contribution in [3.05, 3.63) is 45.3 Å². The Morgan fingerprint density at radius 2 is 2.00 bits per heavy atom. The van der Waals surface area contributed by atoms with E-state index in [0.29, 0.717) is 19.4 Å². The molecule has 5 heteroatoms. The second-order valence-electron chi connectivity index (χ2n) is 4.47. The first-order valence-electron chi connectivity index (χ1n) is 6.54. The summed E-state index contributed by atoms with van der Waals surface area (Å²) in [5.41, 5.74) is 0.0189. The van der Waals surface area contributed by atoms with Crippen molar-refractivity contribution in [3.8, 4) is 0 Å². The van der Waals surface area contributed by atoms with Gasteiger partial charge in [-0.15, -0.1) is 11.3 Å². The quantitative estimate of drug-likeness (QED) is 0.731. The van der Waals surface area contributed by atoms with Crippen molar-refractivity contribution in [1.82, 2.24) is 9.13 Å². The number of thiophene rings is 1. The highest BCUT2D eigenvalue weighted by Gasteiger charge is 2.07. The van der Waals surface area contributed by atoms with Gasteiger partial charge in [-0.3, -0.25) is 13.9 Å². The third-order valence-corrected chi connectivity index (χ3v) is 3.89. The minimum atomic E-state index is 0.0189. The molecule has 0 amide bonds. The van der Waals surface area contributed by atoms with E-state index in [9.17, 15) is 9.59 Å². The van der Waals surface area contributed by atoms with Gasteiger partial charge in [-0.25, -0.2) is 4.79 Å². The van der Waals surface area contributed by atoms with E-state index in [0.717, 1.165) is 17.8 Å². The molecule has 0 aromatic carbocycles. The fraction of sp³-hybridized carbons (Fsp3) is 0.429. The van der Waals surface area contributed by atoms with Crippen molar-refractivity contribution in [1.29, 1.82) is 0 Å². The first kappa shape index (κ1) is 13.8. The van der Waals surface area contributed by atoms with Crippen LogP contribution in [0.3, 0.4) is 0 Å². The highest BCUT2D eigenvalue weighted by molar-refractivity contribution is 7.12. The van der Waals surface area contributed by atoms with E-state index in [-0.39, 0.29) is 11.5 Å². The van der Waals surface area contributed by atoms with Crippen LogP contribution in [0.15, 0.2) is 34.7 Å². The predicted octanol–water partition coefficient (Wildman–Crippen LogP) is 2.78. The molecule has 2 aromatic rings. The van der Waals surface area contributed by atoms with Gasteiger partial charge in [-0.1, -0.05) is 13.0 Å². The van der Waals surface area contributed by atoms with Crippen molar-refractivity contribution in [2.45, 2.75) is 39.3 Å². The first-order chi connectivity index (χ1) is 9.22. The van der Waals surface area contributed by atoms with Gasteiger partial charge in [0.25, 0.3) is 0 Å². The minimum absolute atomic E-state index is 0.0189. The van der Waals surface area contributed by atoms with Gasteiger partial charge < -0.3 is 0 Å².